The second-order valence-corrected chi connectivity index (χ2v) is 7.25. The highest BCUT2D eigenvalue weighted by molar-refractivity contribution is 6.33. The standard InChI is InChI=1S/C19H28ClN3O2/c1-4-23-11-7-8-14(23)12-21-19(25)17(13(2)3)22-18(24)15-9-5-6-10-16(15)20/h5-6,9-10,13-14,17H,4,7-8,11-12H2,1-3H3,(H,21,25)(H,22,24). The van der Waals surface area contributed by atoms with Crippen molar-refractivity contribution < 1.29 is 9.59 Å². The third-order valence-electron chi connectivity index (χ3n) is 4.77. The molecule has 2 amide bonds. The molecule has 1 aromatic rings. The average Bonchev–Trinajstić information content (AvgIpc) is 3.05. The van der Waals surface area contributed by atoms with Gasteiger partial charge in [-0.25, -0.2) is 0 Å². The fourth-order valence-corrected chi connectivity index (χ4v) is 3.49. The molecule has 1 aliphatic heterocycles. The molecule has 2 unspecified atom stereocenters. The molecule has 2 atom stereocenters. The van der Waals surface area contributed by atoms with Gasteiger partial charge in [-0.05, 0) is 44.0 Å². The van der Waals surface area contributed by atoms with E-state index in [1.165, 1.54) is 6.42 Å². The van der Waals surface area contributed by atoms with E-state index in [0.717, 1.165) is 19.5 Å². The molecule has 0 aromatic heterocycles. The molecule has 0 saturated carbocycles. The van der Waals surface area contributed by atoms with Crippen LogP contribution in [0.4, 0.5) is 0 Å². The lowest BCUT2D eigenvalue weighted by Crippen LogP contribution is -2.52. The smallest absolute Gasteiger partial charge is 0.253 e. The lowest BCUT2D eigenvalue weighted by Gasteiger charge is -2.26. The first kappa shape index (κ1) is 19.7. The number of nitrogens with one attached hydrogen (secondary N) is 2. The Morgan fingerprint density at radius 3 is 2.68 bits per heavy atom. The summed E-state index contributed by atoms with van der Waals surface area (Å²) in [5.41, 5.74) is 0.385. The third kappa shape index (κ3) is 5.19. The number of likely N-dealkylation sites (N-methyl/N-ethyl adjacent to an activating group) is 1. The molecule has 138 valence electrons. The Morgan fingerprint density at radius 2 is 2.04 bits per heavy atom. The van der Waals surface area contributed by atoms with Crippen LogP contribution in [-0.4, -0.2) is 48.4 Å². The Balaban J connectivity index is 1.96. The van der Waals surface area contributed by atoms with Crippen molar-refractivity contribution in [3.63, 3.8) is 0 Å². The van der Waals surface area contributed by atoms with E-state index in [9.17, 15) is 9.59 Å². The Kier molecular flexibility index (Phi) is 7.26. The maximum atomic E-state index is 12.6. The van der Waals surface area contributed by atoms with Gasteiger partial charge in [0.15, 0.2) is 0 Å². The summed E-state index contributed by atoms with van der Waals surface area (Å²) >= 11 is 6.07. The van der Waals surface area contributed by atoms with Crippen molar-refractivity contribution in [2.75, 3.05) is 19.6 Å². The number of carbonyl (C=O) groups excluding carboxylic acids is 2. The maximum absolute atomic E-state index is 12.6. The molecule has 0 radical (unpaired) electrons. The monoisotopic (exact) mass is 365 g/mol. The van der Waals surface area contributed by atoms with E-state index in [2.05, 4.69) is 22.5 Å². The van der Waals surface area contributed by atoms with Crippen molar-refractivity contribution in [2.24, 2.45) is 5.92 Å². The van der Waals surface area contributed by atoms with Crippen molar-refractivity contribution in [1.82, 2.24) is 15.5 Å². The molecule has 2 N–H and O–H groups in total. The molecule has 1 aromatic carbocycles. The van der Waals surface area contributed by atoms with Crippen LogP contribution in [0.25, 0.3) is 0 Å². The van der Waals surface area contributed by atoms with E-state index >= 15 is 0 Å². The van der Waals surface area contributed by atoms with Crippen LogP contribution in [0.5, 0.6) is 0 Å². The summed E-state index contributed by atoms with van der Waals surface area (Å²) in [4.78, 5) is 27.5. The minimum Gasteiger partial charge on any atom is -0.353 e. The van der Waals surface area contributed by atoms with Crippen molar-refractivity contribution in [3.05, 3.63) is 34.9 Å². The van der Waals surface area contributed by atoms with E-state index in [0.29, 0.717) is 23.2 Å². The van der Waals surface area contributed by atoms with E-state index < -0.39 is 6.04 Å². The largest absolute Gasteiger partial charge is 0.353 e. The molecule has 0 bridgehead atoms. The second kappa shape index (κ2) is 9.20. The van der Waals surface area contributed by atoms with Crippen molar-refractivity contribution >= 4 is 23.4 Å². The van der Waals surface area contributed by atoms with Crippen molar-refractivity contribution in [1.29, 1.82) is 0 Å². The number of amides is 2. The second-order valence-electron chi connectivity index (χ2n) is 6.84. The van der Waals surface area contributed by atoms with Gasteiger partial charge in [0.05, 0.1) is 10.6 Å². The third-order valence-corrected chi connectivity index (χ3v) is 5.10. The van der Waals surface area contributed by atoms with Crippen LogP contribution in [0.3, 0.4) is 0 Å². The van der Waals surface area contributed by atoms with Gasteiger partial charge in [-0.15, -0.1) is 0 Å². The van der Waals surface area contributed by atoms with Crippen LogP contribution in [0, 0.1) is 5.92 Å². The highest BCUT2D eigenvalue weighted by Gasteiger charge is 2.28. The first-order chi connectivity index (χ1) is 11.9. The summed E-state index contributed by atoms with van der Waals surface area (Å²) in [7, 11) is 0. The molecule has 1 aliphatic rings. The zero-order valence-corrected chi connectivity index (χ0v) is 16.0. The summed E-state index contributed by atoms with van der Waals surface area (Å²) in [6.45, 7) is 8.69. The van der Waals surface area contributed by atoms with Gasteiger partial charge < -0.3 is 10.6 Å². The van der Waals surface area contributed by atoms with Crippen LogP contribution in [0.2, 0.25) is 5.02 Å². The summed E-state index contributed by atoms with van der Waals surface area (Å²) in [6, 6.07) is 6.66. The van der Waals surface area contributed by atoms with Crippen LogP contribution in [0.15, 0.2) is 24.3 Å². The first-order valence-electron chi connectivity index (χ1n) is 9.01. The predicted octanol–water partition coefficient (Wildman–Crippen LogP) is 2.69. The number of hydrogen-bond acceptors (Lipinski definition) is 3. The van der Waals surface area contributed by atoms with Gasteiger partial charge in [0.1, 0.15) is 6.04 Å². The van der Waals surface area contributed by atoms with Gasteiger partial charge in [-0.2, -0.15) is 0 Å². The molecule has 0 spiro atoms. The topological polar surface area (TPSA) is 61.4 Å². The molecule has 6 heteroatoms. The minimum absolute atomic E-state index is 0.0164. The molecular weight excluding hydrogens is 338 g/mol. The van der Waals surface area contributed by atoms with Gasteiger partial charge in [-0.3, -0.25) is 14.5 Å². The molecule has 1 heterocycles. The highest BCUT2D eigenvalue weighted by Crippen LogP contribution is 2.17. The summed E-state index contributed by atoms with van der Waals surface area (Å²) in [6.07, 6.45) is 2.28. The highest BCUT2D eigenvalue weighted by atomic mass is 35.5. The molecule has 25 heavy (non-hydrogen) atoms. The minimum atomic E-state index is -0.583. The van der Waals surface area contributed by atoms with Crippen molar-refractivity contribution in [3.8, 4) is 0 Å². The molecular formula is C19H28ClN3O2. The normalized spacial score (nSPS) is 19.0. The lowest BCUT2D eigenvalue weighted by atomic mass is 10.0. The summed E-state index contributed by atoms with van der Waals surface area (Å²) in [5.74, 6) is -0.480. The van der Waals surface area contributed by atoms with Crippen molar-refractivity contribution in [2.45, 2.75) is 45.7 Å². The molecule has 1 fully saturated rings. The number of likely N-dealkylation sites (tertiary alicyclic amines) is 1. The zero-order chi connectivity index (χ0) is 18.4. The van der Waals surface area contributed by atoms with E-state index in [1.807, 2.05) is 13.8 Å². The van der Waals surface area contributed by atoms with Gasteiger partial charge >= 0.3 is 0 Å². The SMILES string of the molecule is CCN1CCCC1CNC(=O)C(NC(=O)c1ccccc1Cl)C(C)C. The predicted molar refractivity (Wildman–Crippen MR) is 101 cm³/mol. The van der Waals surface area contributed by atoms with Crippen LogP contribution >= 0.6 is 11.6 Å². The number of benzene rings is 1. The van der Waals surface area contributed by atoms with E-state index in [1.54, 1.807) is 24.3 Å². The molecule has 0 aliphatic carbocycles. The maximum Gasteiger partial charge on any atom is 0.253 e. The van der Waals surface area contributed by atoms with Crippen LogP contribution in [0.1, 0.15) is 44.0 Å². The van der Waals surface area contributed by atoms with Crippen LogP contribution < -0.4 is 10.6 Å². The Morgan fingerprint density at radius 1 is 1.32 bits per heavy atom. The van der Waals surface area contributed by atoms with Gasteiger partial charge in [-0.1, -0.05) is 44.5 Å². The average molecular weight is 366 g/mol. The Bertz CT molecular complexity index is 606. The zero-order valence-electron chi connectivity index (χ0n) is 15.2. The van der Waals surface area contributed by atoms with Gasteiger partial charge in [0.25, 0.3) is 5.91 Å². The summed E-state index contributed by atoms with van der Waals surface area (Å²) < 4.78 is 0. The molecule has 1 saturated heterocycles. The fourth-order valence-electron chi connectivity index (χ4n) is 3.27. The molecule has 2 rings (SSSR count). The lowest BCUT2D eigenvalue weighted by molar-refractivity contribution is -0.124. The first-order valence-corrected chi connectivity index (χ1v) is 9.39. The number of nitrogens with zero attached hydrogens (tertiary/aromatic N) is 1. The fraction of sp³-hybridized carbons (Fsp3) is 0.579. The summed E-state index contributed by atoms with van der Waals surface area (Å²) in [5, 5.41) is 6.22. The van der Waals surface area contributed by atoms with Gasteiger partial charge in [0, 0.05) is 12.6 Å². The molecule has 5 nitrogen and oxygen atoms in total. The Hall–Kier alpha value is -1.59. The van der Waals surface area contributed by atoms with E-state index in [4.69, 9.17) is 11.6 Å². The number of halogens is 1. The van der Waals surface area contributed by atoms with Gasteiger partial charge in [0.2, 0.25) is 5.91 Å². The van der Waals surface area contributed by atoms with E-state index in [-0.39, 0.29) is 17.7 Å². The quantitative estimate of drug-likeness (QED) is 0.781. The number of carbonyl (C=O) groups is 2. The number of hydrogen-bond donors (Lipinski definition) is 2. The Labute approximate surface area is 155 Å². The van der Waals surface area contributed by atoms with Crippen LogP contribution in [-0.2, 0) is 4.79 Å². The number of rotatable bonds is 7.